The first-order valence-electron chi connectivity index (χ1n) is 10.6. The van der Waals surface area contributed by atoms with Gasteiger partial charge in [-0.3, -0.25) is 14.3 Å². The Morgan fingerprint density at radius 2 is 1.91 bits per heavy atom. The highest BCUT2D eigenvalue weighted by molar-refractivity contribution is 7.89. The number of nitrogens with zero attached hydrogens (tertiary/aromatic N) is 4. The van der Waals surface area contributed by atoms with E-state index in [1.807, 2.05) is 39.3 Å². The zero-order valence-electron chi connectivity index (χ0n) is 18.8. The van der Waals surface area contributed by atoms with Crippen molar-refractivity contribution < 1.29 is 18.3 Å². The van der Waals surface area contributed by atoms with E-state index in [-0.39, 0.29) is 17.5 Å². The molecule has 1 unspecified atom stereocenters. The van der Waals surface area contributed by atoms with Crippen LogP contribution in [-0.4, -0.2) is 67.6 Å². The lowest BCUT2D eigenvalue weighted by Gasteiger charge is -2.31. The van der Waals surface area contributed by atoms with Crippen molar-refractivity contribution in [2.24, 2.45) is 0 Å². The molecule has 0 spiro atoms. The Bertz CT molecular complexity index is 1270. The topological polar surface area (TPSA) is 92.5 Å². The summed E-state index contributed by atoms with van der Waals surface area (Å²) in [4.78, 5) is 16.2. The zero-order chi connectivity index (χ0) is 23.3. The Morgan fingerprint density at radius 3 is 2.53 bits per heavy atom. The molecule has 1 aliphatic carbocycles. The molecule has 2 heterocycles. The summed E-state index contributed by atoms with van der Waals surface area (Å²) < 4.78 is 30.5. The molecule has 0 saturated carbocycles. The van der Waals surface area contributed by atoms with Gasteiger partial charge in [-0.15, -0.1) is 0 Å². The molecular formula is C23H29N4O4S+. The van der Waals surface area contributed by atoms with Crippen molar-refractivity contribution >= 4 is 32.7 Å². The highest BCUT2D eigenvalue weighted by Crippen LogP contribution is 2.34. The highest BCUT2D eigenvalue weighted by atomic mass is 32.2. The average molecular weight is 458 g/mol. The van der Waals surface area contributed by atoms with Gasteiger partial charge in [-0.05, 0) is 43.5 Å². The maximum Gasteiger partial charge on any atom is 0.323 e. The van der Waals surface area contributed by atoms with E-state index in [2.05, 4.69) is 4.98 Å². The molecule has 1 N–H and O–H groups in total. The lowest BCUT2D eigenvalue weighted by Crippen LogP contribution is -2.40. The van der Waals surface area contributed by atoms with E-state index in [9.17, 15) is 18.3 Å². The summed E-state index contributed by atoms with van der Waals surface area (Å²) >= 11 is 0. The van der Waals surface area contributed by atoms with Crippen molar-refractivity contribution in [1.82, 2.24) is 18.3 Å². The second-order valence-corrected chi connectivity index (χ2v) is 11.2. The number of pyridine rings is 1. The van der Waals surface area contributed by atoms with Crippen molar-refractivity contribution in [3.05, 3.63) is 53.9 Å². The summed E-state index contributed by atoms with van der Waals surface area (Å²) in [6.45, 7) is -0.130. The van der Waals surface area contributed by atoms with Crippen LogP contribution in [0.4, 0.5) is 5.69 Å². The number of carboxylic acids is 1. The van der Waals surface area contributed by atoms with Gasteiger partial charge in [-0.2, -0.15) is 4.31 Å². The molecule has 0 fully saturated rings. The van der Waals surface area contributed by atoms with Gasteiger partial charge < -0.3 is 9.67 Å². The maximum atomic E-state index is 13.3. The number of aromatic nitrogens is 2. The smallest absolute Gasteiger partial charge is 0.323 e. The molecule has 8 nitrogen and oxygen atoms in total. The van der Waals surface area contributed by atoms with Crippen LogP contribution in [0.5, 0.6) is 0 Å². The number of quaternary nitrogens is 1. The van der Waals surface area contributed by atoms with Crippen LogP contribution in [0.1, 0.15) is 17.7 Å². The third-order valence-electron chi connectivity index (χ3n) is 6.29. The van der Waals surface area contributed by atoms with Crippen molar-refractivity contribution in [1.29, 1.82) is 0 Å². The van der Waals surface area contributed by atoms with Crippen LogP contribution in [-0.2, 0) is 34.2 Å². The molecule has 1 aliphatic rings. The molecule has 4 rings (SSSR count). The number of aliphatic carboxylic acids is 1. The van der Waals surface area contributed by atoms with Crippen LogP contribution in [0.2, 0.25) is 0 Å². The van der Waals surface area contributed by atoms with Gasteiger partial charge in [0.15, 0.2) is 0 Å². The van der Waals surface area contributed by atoms with E-state index >= 15 is 0 Å². The largest absolute Gasteiger partial charge is 0.480 e. The highest BCUT2D eigenvalue weighted by Gasteiger charge is 2.34. The van der Waals surface area contributed by atoms with Crippen LogP contribution in [0.25, 0.3) is 11.0 Å². The summed E-state index contributed by atoms with van der Waals surface area (Å²) in [6.07, 6.45) is 3.41. The second kappa shape index (κ2) is 7.99. The molecule has 9 heteroatoms. The van der Waals surface area contributed by atoms with Crippen LogP contribution in [0.15, 0.2) is 47.5 Å². The second-order valence-electron chi connectivity index (χ2n) is 9.20. The number of hydrogen-bond acceptors (Lipinski definition) is 4. The van der Waals surface area contributed by atoms with Crippen LogP contribution < -0.4 is 4.48 Å². The molecule has 3 aromatic rings. The summed E-state index contributed by atoms with van der Waals surface area (Å²) in [6, 6.07) is 10.5. The normalized spacial score (nSPS) is 17.0. The van der Waals surface area contributed by atoms with Crippen molar-refractivity contribution in [3.63, 3.8) is 0 Å². The minimum Gasteiger partial charge on any atom is -0.480 e. The van der Waals surface area contributed by atoms with E-state index in [4.69, 9.17) is 0 Å². The van der Waals surface area contributed by atoms with Crippen molar-refractivity contribution in [2.45, 2.75) is 36.7 Å². The van der Waals surface area contributed by atoms with E-state index in [1.54, 1.807) is 36.0 Å². The standard InChI is InChI=1S/C23H28N4O4S/c1-25(32(30,31)18-10-8-17(9-11-18)27(2,3)4)16-7-12-20-19(14-16)23-21(6-5-13-24-23)26(20)15-22(28)29/h5-6,8-11,13,16H,7,12,14-15H2,1-4H3/p+1. The maximum absolute atomic E-state index is 13.3. The predicted octanol–water partition coefficient (Wildman–Crippen LogP) is 2.50. The summed E-state index contributed by atoms with van der Waals surface area (Å²) in [5.74, 6) is -0.910. The first kappa shape index (κ1) is 22.4. The Labute approximate surface area is 188 Å². The van der Waals surface area contributed by atoms with Gasteiger partial charge in [0.1, 0.15) is 12.2 Å². The molecule has 2 aromatic heterocycles. The van der Waals surface area contributed by atoms with E-state index in [0.29, 0.717) is 23.7 Å². The van der Waals surface area contributed by atoms with Crippen LogP contribution >= 0.6 is 0 Å². The van der Waals surface area contributed by atoms with Gasteiger partial charge >= 0.3 is 5.97 Å². The molecule has 0 amide bonds. The average Bonchev–Trinajstić information content (AvgIpc) is 3.05. The summed E-state index contributed by atoms with van der Waals surface area (Å²) in [7, 11) is 4.06. The van der Waals surface area contributed by atoms with E-state index in [1.165, 1.54) is 4.31 Å². The number of fused-ring (bicyclic) bond motifs is 3. The first-order chi connectivity index (χ1) is 15.0. The molecule has 0 radical (unpaired) electrons. The molecular weight excluding hydrogens is 428 g/mol. The Morgan fingerprint density at radius 1 is 1.22 bits per heavy atom. The molecule has 1 aromatic carbocycles. The lowest BCUT2D eigenvalue weighted by molar-refractivity contribution is -0.137. The van der Waals surface area contributed by atoms with E-state index in [0.717, 1.165) is 28.0 Å². The quantitative estimate of drug-likeness (QED) is 0.574. The lowest BCUT2D eigenvalue weighted by atomic mass is 9.92. The van der Waals surface area contributed by atoms with Crippen LogP contribution in [0, 0.1) is 0 Å². The third-order valence-corrected chi connectivity index (χ3v) is 8.21. The number of hydrogen-bond donors (Lipinski definition) is 1. The Hall–Kier alpha value is -2.75. The van der Waals surface area contributed by atoms with Crippen molar-refractivity contribution in [3.8, 4) is 0 Å². The minimum absolute atomic E-state index is 0.130. The molecule has 170 valence electrons. The summed E-state index contributed by atoms with van der Waals surface area (Å²) in [5, 5.41) is 9.36. The van der Waals surface area contributed by atoms with E-state index < -0.39 is 16.0 Å². The number of benzene rings is 1. The zero-order valence-corrected chi connectivity index (χ0v) is 19.6. The molecule has 32 heavy (non-hydrogen) atoms. The molecule has 0 aliphatic heterocycles. The van der Waals surface area contributed by atoms with Gasteiger partial charge in [-0.1, -0.05) is 0 Å². The van der Waals surface area contributed by atoms with Gasteiger partial charge in [0.2, 0.25) is 10.0 Å². The van der Waals surface area contributed by atoms with Crippen molar-refractivity contribution in [2.75, 3.05) is 28.2 Å². The molecule has 0 saturated heterocycles. The van der Waals surface area contributed by atoms with Gasteiger partial charge in [-0.25, -0.2) is 8.42 Å². The number of carbonyl (C=O) groups is 1. The fourth-order valence-corrected chi connectivity index (χ4v) is 5.87. The number of rotatable bonds is 6. The predicted molar refractivity (Wildman–Crippen MR) is 124 cm³/mol. The van der Waals surface area contributed by atoms with Gasteiger partial charge in [0.05, 0.1) is 37.1 Å². The number of carboxylic acid groups (broad SMARTS) is 1. The van der Waals surface area contributed by atoms with Crippen LogP contribution in [0.3, 0.4) is 0 Å². The third kappa shape index (κ3) is 3.92. The first-order valence-corrected chi connectivity index (χ1v) is 12.0. The Balaban J connectivity index is 1.65. The fraction of sp³-hybridized carbons (Fsp3) is 0.391. The monoisotopic (exact) mass is 457 g/mol. The number of sulfonamides is 1. The molecule has 1 atom stereocenters. The molecule has 0 bridgehead atoms. The van der Waals surface area contributed by atoms with Gasteiger partial charge in [0.25, 0.3) is 0 Å². The summed E-state index contributed by atoms with van der Waals surface area (Å²) in [5.41, 5.74) is 4.44. The number of likely N-dealkylation sites (N-methyl/N-ethyl adjacent to an activating group) is 1. The Kier molecular flexibility index (Phi) is 5.60. The fourth-order valence-electron chi connectivity index (χ4n) is 4.49. The minimum atomic E-state index is -3.66. The SMILES string of the molecule is CN(C1CCc2c(c3ncccc3n2CC(=O)O)C1)S(=O)(=O)c1ccc([N+](C)(C)C)cc1. The van der Waals surface area contributed by atoms with Gasteiger partial charge in [0, 0.05) is 42.7 Å².